The monoisotopic (exact) mass is 558 g/mol. The molecule has 2 aliphatic heterocycles. The first-order valence-corrected chi connectivity index (χ1v) is 13.6. The van der Waals surface area contributed by atoms with Gasteiger partial charge in [0.15, 0.2) is 0 Å². The van der Waals surface area contributed by atoms with Crippen LogP contribution in [0.5, 0.6) is 0 Å². The first-order valence-electron chi connectivity index (χ1n) is 13.6. The van der Waals surface area contributed by atoms with E-state index in [1.54, 1.807) is 23.1 Å². The molecule has 8 nitrogen and oxygen atoms in total. The Morgan fingerprint density at radius 3 is 2.52 bits per heavy atom. The van der Waals surface area contributed by atoms with Gasteiger partial charge < -0.3 is 19.3 Å². The number of anilines is 1. The molecule has 2 amide bonds. The number of piperazine rings is 1. The van der Waals surface area contributed by atoms with Crippen molar-refractivity contribution < 1.29 is 27.8 Å². The zero-order valence-electron chi connectivity index (χ0n) is 24.5. The first kappa shape index (κ1) is 29.9. The highest BCUT2D eigenvalue weighted by Gasteiger charge is 2.41. The summed E-state index contributed by atoms with van der Waals surface area (Å²) in [7, 11) is 1.60. The molecular weight excluding hydrogens is 518 g/mol. The quantitative estimate of drug-likeness (QED) is 0.519. The van der Waals surface area contributed by atoms with Gasteiger partial charge >= 0.3 is 6.09 Å². The number of nitrogens with zero attached hydrogens (tertiary/aromatic N) is 4. The Labute approximate surface area is 235 Å². The number of amides is 2. The van der Waals surface area contributed by atoms with Crippen molar-refractivity contribution in [3.8, 4) is 0 Å². The summed E-state index contributed by atoms with van der Waals surface area (Å²) in [5.41, 5.74) is 1.71. The minimum absolute atomic E-state index is 0.0732. The summed E-state index contributed by atoms with van der Waals surface area (Å²) in [5, 5.41) is 0. The van der Waals surface area contributed by atoms with Crippen LogP contribution in [0.3, 0.4) is 0 Å². The van der Waals surface area contributed by atoms with Gasteiger partial charge in [-0.1, -0.05) is 19.9 Å². The van der Waals surface area contributed by atoms with Crippen LogP contribution in [-0.4, -0.2) is 84.4 Å². The van der Waals surface area contributed by atoms with Gasteiger partial charge in [0, 0.05) is 68.1 Å². The zero-order valence-corrected chi connectivity index (χ0v) is 24.5. The Kier molecular flexibility index (Phi) is 8.52. The second kappa shape index (κ2) is 11.4. The molecule has 0 N–H and O–H groups in total. The average molecular weight is 559 g/mol. The SMILES string of the molecule is COC[C@H]1CN(C(=O)OC(C)(C)C)[C@H](C)CN1CC(=O)N1CC(C)(C)c2cnc(Cc3ccc(F)cc3F)cc21. The summed E-state index contributed by atoms with van der Waals surface area (Å²) < 4.78 is 38.7. The third-order valence-corrected chi connectivity index (χ3v) is 7.48. The van der Waals surface area contributed by atoms with Crippen molar-refractivity contribution in [3.63, 3.8) is 0 Å². The van der Waals surface area contributed by atoms with Crippen molar-refractivity contribution in [2.75, 3.05) is 44.8 Å². The maximum Gasteiger partial charge on any atom is 0.410 e. The Balaban J connectivity index is 1.53. The summed E-state index contributed by atoms with van der Waals surface area (Å²) in [6.45, 7) is 13.5. The molecule has 2 atom stereocenters. The van der Waals surface area contributed by atoms with Crippen molar-refractivity contribution in [1.82, 2.24) is 14.8 Å². The third-order valence-electron chi connectivity index (χ3n) is 7.48. The molecule has 0 spiro atoms. The van der Waals surface area contributed by atoms with Gasteiger partial charge in [0.05, 0.1) is 24.9 Å². The van der Waals surface area contributed by atoms with Crippen molar-refractivity contribution in [1.29, 1.82) is 0 Å². The van der Waals surface area contributed by atoms with Gasteiger partial charge in [-0.3, -0.25) is 14.7 Å². The van der Waals surface area contributed by atoms with Crippen LogP contribution in [0.1, 0.15) is 58.4 Å². The van der Waals surface area contributed by atoms with E-state index in [1.807, 2.05) is 33.8 Å². The molecule has 0 radical (unpaired) electrons. The summed E-state index contributed by atoms with van der Waals surface area (Å²) in [6, 6.07) is 5.01. The molecule has 0 unspecified atom stereocenters. The molecule has 0 aliphatic carbocycles. The van der Waals surface area contributed by atoms with Gasteiger partial charge in [0.25, 0.3) is 0 Å². The van der Waals surface area contributed by atoms with Crippen molar-refractivity contribution in [2.24, 2.45) is 0 Å². The van der Waals surface area contributed by atoms with Crippen molar-refractivity contribution in [3.05, 3.63) is 58.9 Å². The number of hydrogen-bond donors (Lipinski definition) is 0. The fourth-order valence-corrected chi connectivity index (χ4v) is 5.46. The zero-order chi connectivity index (χ0) is 29.4. The first-order chi connectivity index (χ1) is 18.7. The van der Waals surface area contributed by atoms with E-state index in [0.29, 0.717) is 37.5 Å². The summed E-state index contributed by atoms with van der Waals surface area (Å²) in [5.74, 6) is -1.33. The van der Waals surface area contributed by atoms with Crippen molar-refractivity contribution in [2.45, 2.75) is 71.1 Å². The number of aromatic nitrogens is 1. The average Bonchev–Trinajstić information content (AvgIpc) is 3.11. The molecule has 1 fully saturated rings. The van der Waals surface area contributed by atoms with Gasteiger partial charge in [-0.25, -0.2) is 13.6 Å². The highest BCUT2D eigenvalue weighted by molar-refractivity contribution is 5.97. The molecule has 10 heteroatoms. The number of fused-ring (bicyclic) bond motifs is 1. The molecular formula is C30H40F2N4O4. The molecule has 40 heavy (non-hydrogen) atoms. The fraction of sp³-hybridized carbons (Fsp3) is 0.567. The summed E-state index contributed by atoms with van der Waals surface area (Å²) >= 11 is 0. The molecule has 0 bridgehead atoms. The lowest BCUT2D eigenvalue weighted by Crippen LogP contribution is -2.62. The lowest BCUT2D eigenvalue weighted by atomic mass is 9.88. The Hall–Kier alpha value is -3.11. The maximum atomic E-state index is 14.3. The highest BCUT2D eigenvalue weighted by Crippen LogP contribution is 2.40. The number of pyridine rings is 1. The van der Waals surface area contributed by atoms with E-state index in [2.05, 4.69) is 23.7 Å². The molecule has 3 heterocycles. The third kappa shape index (κ3) is 6.61. The predicted molar refractivity (Wildman–Crippen MR) is 148 cm³/mol. The number of hydrogen-bond acceptors (Lipinski definition) is 6. The van der Waals surface area contributed by atoms with Gasteiger partial charge in [0.1, 0.15) is 17.2 Å². The second-order valence-electron chi connectivity index (χ2n) is 12.5. The van der Waals surface area contributed by atoms with Crippen LogP contribution in [-0.2, 0) is 26.1 Å². The number of methoxy groups -OCH3 is 1. The number of rotatable bonds is 6. The summed E-state index contributed by atoms with van der Waals surface area (Å²) in [6.07, 6.45) is 1.57. The molecule has 218 valence electrons. The maximum absolute atomic E-state index is 14.3. The molecule has 2 aromatic rings. The van der Waals surface area contributed by atoms with Crippen LogP contribution in [0.4, 0.5) is 19.3 Å². The minimum Gasteiger partial charge on any atom is -0.444 e. The van der Waals surface area contributed by atoms with Gasteiger partial charge in [-0.2, -0.15) is 0 Å². The fourth-order valence-electron chi connectivity index (χ4n) is 5.46. The van der Waals surface area contributed by atoms with Crippen LogP contribution in [0.25, 0.3) is 0 Å². The van der Waals surface area contributed by atoms with Crippen molar-refractivity contribution >= 4 is 17.7 Å². The number of halogens is 2. The molecule has 1 aromatic heterocycles. The Morgan fingerprint density at radius 1 is 1.15 bits per heavy atom. The van der Waals surface area contributed by atoms with E-state index in [0.717, 1.165) is 17.3 Å². The number of benzene rings is 1. The van der Waals surface area contributed by atoms with Crippen LogP contribution in [0, 0.1) is 11.6 Å². The lowest BCUT2D eigenvalue weighted by molar-refractivity contribution is -0.121. The predicted octanol–water partition coefficient (Wildman–Crippen LogP) is 4.53. The van der Waals surface area contributed by atoms with Gasteiger partial charge in [-0.05, 0) is 45.4 Å². The number of carbonyl (C=O) groups excluding carboxylic acids is 2. The van der Waals surface area contributed by atoms with E-state index in [1.165, 1.54) is 12.1 Å². The minimum atomic E-state index is -0.630. The van der Waals surface area contributed by atoms with E-state index in [9.17, 15) is 18.4 Å². The Morgan fingerprint density at radius 2 is 1.88 bits per heavy atom. The Bertz CT molecular complexity index is 1260. The molecule has 4 rings (SSSR count). The molecule has 1 saturated heterocycles. The highest BCUT2D eigenvalue weighted by atomic mass is 19.1. The van der Waals surface area contributed by atoms with E-state index in [4.69, 9.17) is 9.47 Å². The van der Waals surface area contributed by atoms with Crippen LogP contribution >= 0.6 is 0 Å². The summed E-state index contributed by atoms with van der Waals surface area (Å²) in [4.78, 5) is 36.7. The van der Waals surface area contributed by atoms with Gasteiger partial charge in [-0.15, -0.1) is 0 Å². The molecule has 2 aliphatic rings. The van der Waals surface area contributed by atoms with Gasteiger partial charge in [0.2, 0.25) is 5.91 Å². The molecule has 1 aromatic carbocycles. The normalized spacial score (nSPS) is 20.9. The van der Waals surface area contributed by atoms with Crippen LogP contribution < -0.4 is 4.90 Å². The number of carbonyl (C=O) groups is 2. The smallest absolute Gasteiger partial charge is 0.410 e. The second-order valence-corrected chi connectivity index (χ2v) is 12.5. The number of ether oxygens (including phenoxy) is 2. The van der Waals surface area contributed by atoms with E-state index >= 15 is 0 Å². The van der Waals surface area contributed by atoms with E-state index in [-0.39, 0.29) is 42.5 Å². The lowest BCUT2D eigenvalue weighted by Gasteiger charge is -2.45. The molecule has 0 saturated carbocycles. The topological polar surface area (TPSA) is 75.2 Å². The van der Waals surface area contributed by atoms with Crippen LogP contribution in [0.2, 0.25) is 0 Å². The largest absolute Gasteiger partial charge is 0.444 e. The standard InChI is InChI=1S/C30H40F2N4O4/c1-19-14-34(23(17-39-7)15-35(19)28(38)40-29(2,3)4)16-27(37)36-18-30(5,6)24-13-33-22(12-26(24)36)10-20-8-9-21(31)11-25(20)32/h8-9,11-13,19,23H,10,14-18H2,1-7H3/t19-,23-/m1/s1. The van der Waals surface area contributed by atoms with Crippen LogP contribution in [0.15, 0.2) is 30.5 Å². The van der Waals surface area contributed by atoms with E-state index < -0.39 is 17.2 Å².